The average molecular weight is 328 g/mol. The molecule has 0 heterocycles. The van der Waals surface area contributed by atoms with E-state index in [1.165, 1.54) is 6.07 Å². The predicted molar refractivity (Wildman–Crippen MR) is 82.6 cm³/mol. The van der Waals surface area contributed by atoms with Gasteiger partial charge in [0.25, 0.3) is 0 Å². The second-order valence-corrected chi connectivity index (χ2v) is 6.69. The third kappa shape index (κ3) is 4.47. The molecule has 6 heteroatoms. The number of carbonyl (C=O) groups excluding carboxylic acids is 1. The van der Waals surface area contributed by atoms with Crippen LogP contribution in [0, 0.1) is 11.8 Å². The molecular weight excluding hydrogens is 305 g/mol. The van der Waals surface area contributed by atoms with Crippen LogP contribution in [0.25, 0.3) is 0 Å². The Kier molecular flexibility index (Phi) is 5.04. The summed E-state index contributed by atoms with van der Waals surface area (Å²) in [6.07, 6.45) is -2.00. The van der Waals surface area contributed by atoms with Gasteiger partial charge < -0.3 is 11.1 Å². The topological polar surface area (TPSA) is 55.1 Å². The van der Waals surface area contributed by atoms with E-state index in [1.54, 1.807) is 13.0 Å². The van der Waals surface area contributed by atoms with Gasteiger partial charge in [0.05, 0.1) is 11.1 Å². The molecule has 128 valence electrons. The Bertz CT molecular complexity index is 569. The van der Waals surface area contributed by atoms with Crippen molar-refractivity contribution in [2.75, 3.05) is 6.54 Å². The highest BCUT2D eigenvalue weighted by atomic mass is 19.4. The van der Waals surface area contributed by atoms with Crippen molar-refractivity contribution in [1.82, 2.24) is 5.32 Å². The summed E-state index contributed by atoms with van der Waals surface area (Å²) < 4.78 is 38.2. The monoisotopic (exact) mass is 328 g/mol. The Morgan fingerprint density at radius 3 is 2.57 bits per heavy atom. The molecule has 0 spiro atoms. The van der Waals surface area contributed by atoms with Crippen LogP contribution in [-0.4, -0.2) is 18.0 Å². The average Bonchev–Trinajstić information content (AvgIpc) is 3.31. The minimum Gasteiger partial charge on any atom is -0.349 e. The standard InChI is InChI=1S/C17H23F3N2O/c1-11(15(23)22-16(2,10-21)13-6-7-13)8-12-4-3-5-14(9-12)17(18,19)20/h3-5,9,11,13H,6-8,10,21H2,1-2H3,(H,22,23). The van der Waals surface area contributed by atoms with Gasteiger partial charge in [-0.2, -0.15) is 13.2 Å². The molecule has 2 atom stereocenters. The second kappa shape index (κ2) is 6.51. The normalized spacial score (nSPS) is 19.0. The van der Waals surface area contributed by atoms with Crippen LogP contribution in [0.1, 0.15) is 37.8 Å². The molecule has 3 N–H and O–H groups in total. The van der Waals surface area contributed by atoms with E-state index in [2.05, 4.69) is 5.32 Å². The molecule has 0 radical (unpaired) electrons. The number of benzene rings is 1. The third-order valence-electron chi connectivity index (χ3n) is 4.55. The van der Waals surface area contributed by atoms with E-state index in [4.69, 9.17) is 5.73 Å². The summed E-state index contributed by atoms with van der Waals surface area (Å²) in [5.41, 5.74) is 5.17. The van der Waals surface area contributed by atoms with Gasteiger partial charge >= 0.3 is 6.18 Å². The molecule has 1 aromatic carbocycles. The van der Waals surface area contributed by atoms with Crippen LogP contribution in [0.3, 0.4) is 0 Å². The van der Waals surface area contributed by atoms with E-state index in [1.807, 2.05) is 6.92 Å². The van der Waals surface area contributed by atoms with Gasteiger partial charge in [0.1, 0.15) is 0 Å². The molecule has 0 aliphatic heterocycles. The fourth-order valence-electron chi connectivity index (χ4n) is 2.77. The van der Waals surface area contributed by atoms with Crippen molar-refractivity contribution in [2.24, 2.45) is 17.6 Å². The zero-order valence-corrected chi connectivity index (χ0v) is 13.4. The molecule has 1 aromatic rings. The molecular formula is C17H23F3N2O. The van der Waals surface area contributed by atoms with Crippen molar-refractivity contribution < 1.29 is 18.0 Å². The van der Waals surface area contributed by atoms with Crippen LogP contribution in [0.4, 0.5) is 13.2 Å². The van der Waals surface area contributed by atoms with E-state index < -0.39 is 23.2 Å². The maximum atomic E-state index is 12.7. The number of carbonyl (C=O) groups is 1. The van der Waals surface area contributed by atoms with Crippen LogP contribution in [-0.2, 0) is 17.4 Å². The number of nitrogens with two attached hydrogens (primary N) is 1. The van der Waals surface area contributed by atoms with Gasteiger partial charge in [-0.3, -0.25) is 4.79 Å². The smallest absolute Gasteiger partial charge is 0.349 e. The van der Waals surface area contributed by atoms with Crippen molar-refractivity contribution in [3.05, 3.63) is 35.4 Å². The van der Waals surface area contributed by atoms with Crippen molar-refractivity contribution in [3.63, 3.8) is 0 Å². The first-order chi connectivity index (χ1) is 10.7. The largest absolute Gasteiger partial charge is 0.416 e. The first-order valence-corrected chi connectivity index (χ1v) is 7.84. The minimum atomic E-state index is -4.37. The summed E-state index contributed by atoms with van der Waals surface area (Å²) in [4.78, 5) is 12.3. The lowest BCUT2D eigenvalue weighted by atomic mass is 9.93. The van der Waals surface area contributed by atoms with Gasteiger partial charge in [0.2, 0.25) is 5.91 Å². The summed E-state index contributed by atoms with van der Waals surface area (Å²) in [6.45, 7) is 4.01. The van der Waals surface area contributed by atoms with Crippen LogP contribution in [0.15, 0.2) is 24.3 Å². The minimum absolute atomic E-state index is 0.165. The lowest BCUT2D eigenvalue weighted by Gasteiger charge is -2.31. The summed E-state index contributed by atoms with van der Waals surface area (Å²) >= 11 is 0. The van der Waals surface area contributed by atoms with Crippen molar-refractivity contribution >= 4 is 5.91 Å². The number of hydrogen-bond acceptors (Lipinski definition) is 2. The maximum Gasteiger partial charge on any atom is 0.416 e. The number of amides is 1. The Balaban J connectivity index is 2.01. The van der Waals surface area contributed by atoms with E-state index in [0.717, 1.165) is 25.0 Å². The Morgan fingerprint density at radius 2 is 2.04 bits per heavy atom. The highest BCUT2D eigenvalue weighted by Gasteiger charge is 2.42. The molecule has 0 saturated heterocycles. The molecule has 3 nitrogen and oxygen atoms in total. The van der Waals surface area contributed by atoms with Crippen LogP contribution >= 0.6 is 0 Å². The van der Waals surface area contributed by atoms with Gasteiger partial charge in [0.15, 0.2) is 0 Å². The summed E-state index contributed by atoms with van der Waals surface area (Å²) in [6, 6.07) is 5.12. The Morgan fingerprint density at radius 1 is 1.39 bits per heavy atom. The van der Waals surface area contributed by atoms with Gasteiger partial charge in [-0.1, -0.05) is 25.1 Å². The number of rotatable bonds is 6. The molecule has 1 amide bonds. The Hall–Kier alpha value is -1.56. The zero-order chi connectivity index (χ0) is 17.3. The molecule has 1 saturated carbocycles. The van der Waals surface area contributed by atoms with Gasteiger partial charge in [-0.05, 0) is 43.7 Å². The van der Waals surface area contributed by atoms with Gasteiger partial charge in [-0.15, -0.1) is 0 Å². The zero-order valence-electron chi connectivity index (χ0n) is 13.4. The summed E-state index contributed by atoms with van der Waals surface area (Å²) in [7, 11) is 0. The van der Waals surface area contributed by atoms with Crippen LogP contribution < -0.4 is 11.1 Å². The van der Waals surface area contributed by atoms with Crippen molar-refractivity contribution in [2.45, 2.75) is 44.8 Å². The van der Waals surface area contributed by atoms with Crippen molar-refractivity contribution in [3.8, 4) is 0 Å². The number of alkyl halides is 3. The Labute approximate surface area is 134 Å². The fourth-order valence-corrected chi connectivity index (χ4v) is 2.77. The number of hydrogen-bond donors (Lipinski definition) is 2. The number of nitrogens with one attached hydrogen (secondary N) is 1. The quantitative estimate of drug-likeness (QED) is 0.843. The molecule has 2 rings (SSSR count). The van der Waals surface area contributed by atoms with Crippen LogP contribution in [0.2, 0.25) is 0 Å². The van der Waals surface area contributed by atoms with Crippen molar-refractivity contribution in [1.29, 1.82) is 0 Å². The van der Waals surface area contributed by atoms with Gasteiger partial charge in [0, 0.05) is 12.5 Å². The molecule has 1 aliphatic carbocycles. The third-order valence-corrected chi connectivity index (χ3v) is 4.55. The molecule has 1 fully saturated rings. The molecule has 23 heavy (non-hydrogen) atoms. The molecule has 1 aliphatic rings. The van der Waals surface area contributed by atoms with E-state index in [-0.39, 0.29) is 12.3 Å². The lowest BCUT2D eigenvalue weighted by molar-refractivity contribution is -0.137. The molecule has 0 aromatic heterocycles. The predicted octanol–water partition coefficient (Wildman–Crippen LogP) is 3.13. The van der Waals surface area contributed by atoms with E-state index in [0.29, 0.717) is 18.0 Å². The molecule has 2 unspecified atom stereocenters. The first kappa shape index (κ1) is 17.8. The summed E-state index contributed by atoms with van der Waals surface area (Å²) in [5.74, 6) is -0.178. The number of halogens is 3. The van der Waals surface area contributed by atoms with E-state index >= 15 is 0 Å². The fraction of sp³-hybridized carbons (Fsp3) is 0.588. The maximum absolute atomic E-state index is 12.7. The van der Waals surface area contributed by atoms with Gasteiger partial charge in [-0.25, -0.2) is 0 Å². The highest BCUT2D eigenvalue weighted by Crippen LogP contribution is 2.39. The summed E-state index contributed by atoms with van der Waals surface area (Å²) in [5, 5.41) is 2.98. The molecule has 0 bridgehead atoms. The lowest BCUT2D eigenvalue weighted by Crippen LogP contribution is -2.54. The van der Waals surface area contributed by atoms with E-state index in [9.17, 15) is 18.0 Å². The highest BCUT2D eigenvalue weighted by molar-refractivity contribution is 5.79. The second-order valence-electron chi connectivity index (χ2n) is 6.69. The SMILES string of the molecule is CC(Cc1cccc(C(F)(F)F)c1)C(=O)NC(C)(CN)C1CC1. The van der Waals surface area contributed by atoms with Crippen LogP contribution in [0.5, 0.6) is 0 Å². The first-order valence-electron chi connectivity index (χ1n) is 7.84.